The van der Waals surface area contributed by atoms with Crippen LogP contribution in [0.15, 0.2) is 23.3 Å². The Balaban J connectivity index is 2.47. The van der Waals surface area contributed by atoms with Gasteiger partial charge in [-0.25, -0.2) is 13.8 Å². The second-order valence-corrected chi connectivity index (χ2v) is 6.01. The molecule has 5 nitrogen and oxygen atoms in total. The van der Waals surface area contributed by atoms with Gasteiger partial charge in [0.2, 0.25) is 11.8 Å². The van der Waals surface area contributed by atoms with Gasteiger partial charge in [-0.1, -0.05) is 11.8 Å². The Morgan fingerprint density at radius 1 is 1.33 bits per heavy atom. The van der Waals surface area contributed by atoms with Crippen molar-refractivity contribution in [3.05, 3.63) is 35.4 Å². The summed E-state index contributed by atoms with van der Waals surface area (Å²) in [5, 5.41) is 7.60. The lowest BCUT2D eigenvalue weighted by molar-refractivity contribution is -0.131. The topological polar surface area (TPSA) is 61.8 Å². The largest absolute Gasteiger partial charge is 0.304 e. The fourth-order valence-corrected chi connectivity index (χ4v) is 3.25. The zero-order chi connectivity index (χ0) is 15.8. The van der Waals surface area contributed by atoms with E-state index in [2.05, 4.69) is 10.4 Å². The van der Waals surface area contributed by atoms with Crippen LogP contribution in [0.2, 0.25) is 0 Å². The summed E-state index contributed by atoms with van der Waals surface area (Å²) in [7, 11) is 0. The molecule has 1 aliphatic heterocycles. The number of carbonyl (C=O) groups excluding carboxylic acids is 2. The van der Waals surface area contributed by atoms with E-state index >= 15 is 0 Å². The quantitative estimate of drug-likeness (QED) is 0.864. The third-order valence-electron chi connectivity index (χ3n) is 2.90. The smallest absolute Gasteiger partial charge is 0.241 e. The highest BCUT2D eigenvalue weighted by atomic mass is 32.2. The summed E-state index contributed by atoms with van der Waals surface area (Å²) in [6.07, 6.45) is 0. The molecule has 0 fully saturated rings. The molecule has 1 aromatic carbocycles. The van der Waals surface area contributed by atoms with Crippen molar-refractivity contribution in [1.82, 2.24) is 10.3 Å². The van der Waals surface area contributed by atoms with Crippen molar-refractivity contribution >= 4 is 28.7 Å². The number of hydrazone groups is 1. The van der Waals surface area contributed by atoms with Gasteiger partial charge in [-0.15, -0.1) is 5.10 Å². The molecule has 0 aliphatic carbocycles. The first-order chi connectivity index (χ1) is 9.74. The average Bonchev–Trinajstić information content (AvgIpc) is 2.69. The molecule has 1 heterocycles. The molecule has 112 valence electrons. The number of halogens is 2. The first-order valence-electron chi connectivity index (χ1n) is 6.05. The number of rotatable bonds is 1. The van der Waals surface area contributed by atoms with Crippen LogP contribution in [-0.2, 0) is 14.5 Å². The normalized spacial score (nSPS) is 21.2. The second kappa shape index (κ2) is 5.44. The van der Waals surface area contributed by atoms with Crippen LogP contribution in [0.4, 0.5) is 8.78 Å². The molecule has 0 bridgehead atoms. The molecule has 1 N–H and O–H groups in total. The van der Waals surface area contributed by atoms with Crippen molar-refractivity contribution in [3.8, 4) is 0 Å². The second-order valence-electron chi connectivity index (χ2n) is 4.63. The summed E-state index contributed by atoms with van der Waals surface area (Å²) in [5.41, 5.74) is -0.0215. The first kappa shape index (κ1) is 15.4. The molecule has 8 heteroatoms. The van der Waals surface area contributed by atoms with E-state index in [0.717, 1.165) is 35.0 Å². The van der Waals surface area contributed by atoms with Crippen LogP contribution in [0.1, 0.15) is 26.3 Å². The van der Waals surface area contributed by atoms with Crippen molar-refractivity contribution in [3.63, 3.8) is 0 Å². The van der Waals surface area contributed by atoms with Gasteiger partial charge in [0.25, 0.3) is 0 Å². The Bertz CT molecular complexity index is 650. The maximum atomic E-state index is 14.0. The van der Waals surface area contributed by atoms with Crippen LogP contribution >= 0.6 is 11.8 Å². The Morgan fingerprint density at radius 3 is 2.57 bits per heavy atom. The Labute approximate surface area is 124 Å². The van der Waals surface area contributed by atoms with Gasteiger partial charge in [0.15, 0.2) is 5.17 Å². The van der Waals surface area contributed by atoms with Crippen LogP contribution < -0.4 is 5.32 Å². The van der Waals surface area contributed by atoms with Gasteiger partial charge in [0.05, 0.1) is 0 Å². The molecular formula is C13H13F2N3O2S. The number of amidine groups is 1. The van der Waals surface area contributed by atoms with E-state index in [1.54, 1.807) is 0 Å². The number of hydrogen-bond acceptors (Lipinski definition) is 4. The molecule has 0 spiro atoms. The molecule has 1 atom stereocenters. The molecule has 0 saturated heterocycles. The van der Waals surface area contributed by atoms with Crippen molar-refractivity contribution in [2.75, 3.05) is 0 Å². The summed E-state index contributed by atoms with van der Waals surface area (Å²) in [6, 6.07) is 3.01. The molecule has 1 aliphatic rings. The van der Waals surface area contributed by atoms with Crippen LogP contribution in [0.3, 0.4) is 0 Å². The van der Waals surface area contributed by atoms with E-state index in [4.69, 9.17) is 0 Å². The molecule has 2 amide bonds. The third-order valence-corrected chi connectivity index (χ3v) is 4.07. The molecule has 1 aromatic rings. The summed E-state index contributed by atoms with van der Waals surface area (Å²) in [4.78, 5) is 21.6. The molecule has 0 aromatic heterocycles. The van der Waals surface area contributed by atoms with Gasteiger partial charge < -0.3 is 5.32 Å². The molecule has 0 radical (unpaired) electrons. The lowest BCUT2D eigenvalue weighted by Gasteiger charge is -2.31. The standard InChI is InChI=1S/C13H13F2N3O2S/c1-7(19)16-12-17-18(8(2)20)13(3,21-12)10-6-9(14)4-5-11(10)15/h4-6H,1-3H3,(H,16,17,19). The maximum Gasteiger partial charge on any atom is 0.241 e. The molecule has 2 rings (SSSR count). The van der Waals surface area contributed by atoms with Gasteiger partial charge in [0, 0.05) is 19.4 Å². The van der Waals surface area contributed by atoms with Crippen LogP contribution in [-0.4, -0.2) is 22.0 Å². The van der Waals surface area contributed by atoms with Gasteiger partial charge in [-0.2, -0.15) is 0 Å². The number of nitrogens with zero attached hydrogens (tertiary/aromatic N) is 2. The highest BCUT2D eigenvalue weighted by Crippen LogP contribution is 2.45. The number of carbonyl (C=O) groups is 2. The van der Waals surface area contributed by atoms with Gasteiger partial charge in [0.1, 0.15) is 16.5 Å². The minimum Gasteiger partial charge on any atom is -0.304 e. The van der Waals surface area contributed by atoms with Gasteiger partial charge in [-0.05, 0) is 25.1 Å². The molecule has 21 heavy (non-hydrogen) atoms. The monoisotopic (exact) mass is 313 g/mol. The Morgan fingerprint density at radius 2 is 2.00 bits per heavy atom. The van der Waals surface area contributed by atoms with E-state index in [0.29, 0.717) is 0 Å². The lowest BCUT2D eigenvalue weighted by Crippen LogP contribution is -2.38. The predicted octanol–water partition coefficient (Wildman–Crippen LogP) is 2.14. The zero-order valence-corrected chi connectivity index (χ0v) is 12.4. The zero-order valence-electron chi connectivity index (χ0n) is 11.6. The number of hydrogen-bond donors (Lipinski definition) is 1. The number of nitrogens with one attached hydrogen (secondary N) is 1. The Hall–Kier alpha value is -1.96. The van der Waals surface area contributed by atoms with E-state index < -0.39 is 22.4 Å². The average molecular weight is 313 g/mol. The van der Waals surface area contributed by atoms with E-state index in [1.807, 2.05) is 0 Å². The van der Waals surface area contributed by atoms with Crippen LogP contribution in [0.25, 0.3) is 0 Å². The van der Waals surface area contributed by atoms with E-state index in [1.165, 1.54) is 20.8 Å². The minimum absolute atomic E-state index is 0.0215. The first-order valence-corrected chi connectivity index (χ1v) is 6.87. The van der Waals surface area contributed by atoms with Crippen molar-refractivity contribution in [2.24, 2.45) is 5.10 Å². The SMILES string of the molecule is CC(=O)NC1=NN(C(C)=O)C(C)(c2cc(F)ccc2F)S1. The van der Waals surface area contributed by atoms with Crippen molar-refractivity contribution in [1.29, 1.82) is 0 Å². The summed E-state index contributed by atoms with van der Waals surface area (Å²) in [5.74, 6) is -2.09. The van der Waals surface area contributed by atoms with E-state index in [9.17, 15) is 18.4 Å². The van der Waals surface area contributed by atoms with Crippen LogP contribution in [0.5, 0.6) is 0 Å². The minimum atomic E-state index is -1.27. The lowest BCUT2D eigenvalue weighted by atomic mass is 10.1. The predicted molar refractivity (Wildman–Crippen MR) is 75.1 cm³/mol. The summed E-state index contributed by atoms with van der Waals surface area (Å²) < 4.78 is 27.5. The molecule has 1 unspecified atom stereocenters. The number of amides is 2. The fourth-order valence-electron chi connectivity index (χ4n) is 2.03. The van der Waals surface area contributed by atoms with E-state index in [-0.39, 0.29) is 16.6 Å². The van der Waals surface area contributed by atoms with Gasteiger partial charge in [-0.3, -0.25) is 9.59 Å². The van der Waals surface area contributed by atoms with Crippen LogP contribution in [0, 0.1) is 11.6 Å². The molecule has 0 saturated carbocycles. The molecular weight excluding hydrogens is 300 g/mol. The Kier molecular flexibility index (Phi) is 3.99. The summed E-state index contributed by atoms with van der Waals surface area (Å²) >= 11 is 0.970. The highest BCUT2D eigenvalue weighted by Gasteiger charge is 2.45. The number of benzene rings is 1. The van der Waals surface area contributed by atoms with Gasteiger partial charge >= 0.3 is 0 Å². The summed E-state index contributed by atoms with van der Waals surface area (Å²) in [6.45, 7) is 4.09. The number of thioether (sulfide) groups is 1. The highest BCUT2D eigenvalue weighted by molar-refractivity contribution is 8.14. The van der Waals surface area contributed by atoms with Crippen molar-refractivity contribution in [2.45, 2.75) is 25.6 Å². The van der Waals surface area contributed by atoms with Crippen molar-refractivity contribution < 1.29 is 18.4 Å². The third kappa shape index (κ3) is 2.90. The fraction of sp³-hybridized carbons (Fsp3) is 0.308. The maximum absolute atomic E-state index is 14.0.